The lowest BCUT2D eigenvalue weighted by molar-refractivity contribution is 0.575. The molecule has 160 valence electrons. The molecule has 0 radical (unpaired) electrons. The van der Waals surface area contributed by atoms with Gasteiger partial charge in [-0.3, -0.25) is 0 Å². The van der Waals surface area contributed by atoms with Crippen molar-refractivity contribution in [2.75, 3.05) is 24.2 Å². The third-order valence-electron chi connectivity index (χ3n) is 4.86. The maximum Gasteiger partial charge on any atom is 0.250 e. The van der Waals surface area contributed by atoms with E-state index in [0.29, 0.717) is 10.8 Å². The number of hydrogen-bond donors (Lipinski definition) is 2. The average molecular weight is 480 g/mol. The van der Waals surface area contributed by atoms with Crippen LogP contribution in [0.1, 0.15) is 30.6 Å². The lowest BCUT2D eigenvalue weighted by Crippen LogP contribution is -2.23. The first kappa shape index (κ1) is 21.8. The van der Waals surface area contributed by atoms with Crippen LogP contribution in [-0.2, 0) is 16.4 Å². The van der Waals surface area contributed by atoms with E-state index in [9.17, 15) is 8.42 Å². The van der Waals surface area contributed by atoms with E-state index < -0.39 is 10.0 Å². The zero-order valence-corrected chi connectivity index (χ0v) is 19.9. The summed E-state index contributed by atoms with van der Waals surface area (Å²) in [5, 5.41) is 6.26. The van der Waals surface area contributed by atoms with E-state index in [1.54, 1.807) is 28.8 Å². The predicted octanol–water partition coefficient (Wildman–Crippen LogP) is 5.47. The second kappa shape index (κ2) is 10.3. The van der Waals surface area contributed by atoms with E-state index in [1.807, 2.05) is 11.8 Å². The molecule has 4 rings (SSSR count). The van der Waals surface area contributed by atoms with Crippen LogP contribution in [0.2, 0.25) is 0 Å². The molecule has 0 aliphatic carbocycles. The molecule has 9 heteroatoms. The average Bonchev–Trinajstić information content (AvgIpc) is 3.38. The van der Waals surface area contributed by atoms with Crippen molar-refractivity contribution in [1.82, 2.24) is 9.71 Å². The largest absolute Gasteiger partial charge is 0.361 e. The van der Waals surface area contributed by atoms with E-state index in [-0.39, 0.29) is 0 Å². The topological polar surface area (TPSA) is 71.1 Å². The Bertz CT molecular complexity index is 1060. The first-order chi connectivity index (χ1) is 14.6. The van der Waals surface area contributed by atoms with Crippen LogP contribution in [0.5, 0.6) is 0 Å². The summed E-state index contributed by atoms with van der Waals surface area (Å²) in [6.45, 7) is 1.38. The third-order valence-corrected chi connectivity index (χ3v) is 9.86. The third kappa shape index (κ3) is 5.45. The van der Waals surface area contributed by atoms with Crippen LogP contribution in [0.15, 0.2) is 50.9 Å². The molecule has 0 saturated carbocycles. The van der Waals surface area contributed by atoms with Crippen LogP contribution in [-0.4, -0.2) is 32.2 Å². The van der Waals surface area contributed by atoms with Crippen molar-refractivity contribution < 1.29 is 8.42 Å². The van der Waals surface area contributed by atoms with Crippen molar-refractivity contribution >= 4 is 49.6 Å². The number of benzene rings is 1. The first-order valence-electron chi connectivity index (χ1n) is 10.1. The maximum absolute atomic E-state index is 12.0. The molecular weight excluding hydrogens is 455 g/mol. The maximum atomic E-state index is 12.0. The molecule has 3 heterocycles. The molecule has 1 aliphatic heterocycles. The fraction of sp³-hybridized carbons (Fsp3) is 0.381. The molecule has 0 amide bonds. The Morgan fingerprint density at radius 3 is 2.67 bits per heavy atom. The Balaban J connectivity index is 1.17. The molecule has 0 saturated heterocycles. The zero-order chi connectivity index (χ0) is 20.8. The summed E-state index contributed by atoms with van der Waals surface area (Å²) in [7, 11) is -3.33. The van der Waals surface area contributed by atoms with Gasteiger partial charge in [0.05, 0.1) is 5.69 Å². The van der Waals surface area contributed by atoms with Crippen LogP contribution < -0.4 is 10.0 Å². The highest BCUT2D eigenvalue weighted by Gasteiger charge is 2.19. The Kier molecular flexibility index (Phi) is 7.48. The summed E-state index contributed by atoms with van der Waals surface area (Å²) in [5.41, 5.74) is 2.39. The van der Waals surface area contributed by atoms with Gasteiger partial charge < -0.3 is 5.32 Å². The van der Waals surface area contributed by atoms with Crippen LogP contribution in [0.25, 0.3) is 11.3 Å². The van der Waals surface area contributed by atoms with E-state index in [4.69, 9.17) is 4.98 Å². The van der Waals surface area contributed by atoms with E-state index in [0.717, 1.165) is 55.2 Å². The SMILES string of the molecule is O=S(=O)(NCCCCCCNc1nc2c(s1)CCSc1ccccc1-2)c1cccs1. The van der Waals surface area contributed by atoms with Crippen LogP contribution in [0, 0.1) is 0 Å². The number of sulfonamides is 1. The summed E-state index contributed by atoms with van der Waals surface area (Å²) < 4.78 is 27.2. The van der Waals surface area contributed by atoms with Gasteiger partial charge in [-0.2, -0.15) is 0 Å². The van der Waals surface area contributed by atoms with Gasteiger partial charge in [0.1, 0.15) is 4.21 Å². The minimum absolute atomic E-state index is 0.384. The van der Waals surface area contributed by atoms with Gasteiger partial charge in [-0.1, -0.05) is 37.1 Å². The van der Waals surface area contributed by atoms with Crippen LogP contribution in [0.4, 0.5) is 5.13 Å². The summed E-state index contributed by atoms with van der Waals surface area (Å²) in [6, 6.07) is 11.9. The van der Waals surface area contributed by atoms with Gasteiger partial charge in [-0.25, -0.2) is 18.1 Å². The fourth-order valence-corrected chi connectivity index (χ4v) is 7.60. The number of hydrogen-bond acceptors (Lipinski definition) is 7. The monoisotopic (exact) mass is 479 g/mol. The lowest BCUT2D eigenvalue weighted by Gasteiger charge is -2.06. The number of rotatable bonds is 10. The Morgan fingerprint density at radius 1 is 1.00 bits per heavy atom. The van der Waals surface area contributed by atoms with Gasteiger partial charge >= 0.3 is 0 Å². The molecule has 0 bridgehead atoms. The highest BCUT2D eigenvalue weighted by Crippen LogP contribution is 2.40. The molecule has 0 atom stereocenters. The van der Waals surface area contributed by atoms with Crippen molar-refractivity contribution in [3.63, 3.8) is 0 Å². The molecule has 3 aromatic rings. The molecule has 0 unspecified atom stereocenters. The van der Waals surface area contributed by atoms with Crippen molar-refractivity contribution in [3.05, 3.63) is 46.7 Å². The number of nitrogens with zero attached hydrogens (tertiary/aromatic N) is 1. The molecule has 5 nitrogen and oxygen atoms in total. The van der Waals surface area contributed by atoms with Gasteiger partial charge in [-0.05, 0) is 36.8 Å². The number of thioether (sulfide) groups is 1. The second-order valence-electron chi connectivity index (χ2n) is 7.06. The normalized spacial score (nSPS) is 13.5. The van der Waals surface area contributed by atoms with Crippen molar-refractivity contribution in [1.29, 1.82) is 0 Å². The number of aromatic nitrogens is 1. The van der Waals surface area contributed by atoms with Crippen molar-refractivity contribution in [2.45, 2.75) is 41.2 Å². The quantitative estimate of drug-likeness (QED) is 0.377. The van der Waals surface area contributed by atoms with Crippen molar-refractivity contribution in [3.8, 4) is 11.3 Å². The van der Waals surface area contributed by atoms with Gasteiger partial charge in [0.15, 0.2) is 5.13 Å². The molecule has 1 aromatic carbocycles. The lowest BCUT2D eigenvalue weighted by atomic mass is 10.1. The van der Waals surface area contributed by atoms with E-state index >= 15 is 0 Å². The molecule has 1 aliphatic rings. The van der Waals surface area contributed by atoms with Gasteiger partial charge in [0.25, 0.3) is 0 Å². The summed E-state index contributed by atoms with van der Waals surface area (Å²) in [4.78, 5) is 7.56. The fourth-order valence-electron chi connectivity index (χ4n) is 3.34. The Morgan fingerprint density at radius 2 is 1.83 bits per heavy atom. The highest BCUT2D eigenvalue weighted by molar-refractivity contribution is 7.99. The van der Waals surface area contributed by atoms with Gasteiger partial charge in [-0.15, -0.1) is 34.4 Å². The summed E-state index contributed by atoms with van der Waals surface area (Å²) in [5.74, 6) is 1.10. The minimum atomic E-state index is -3.33. The molecule has 0 fully saturated rings. The first-order valence-corrected chi connectivity index (χ1v) is 14.3. The van der Waals surface area contributed by atoms with Crippen LogP contribution >= 0.6 is 34.4 Å². The summed E-state index contributed by atoms with van der Waals surface area (Å²) >= 11 is 4.93. The van der Waals surface area contributed by atoms with Crippen LogP contribution in [0.3, 0.4) is 0 Å². The molecule has 2 N–H and O–H groups in total. The number of anilines is 1. The molecule has 0 spiro atoms. The number of nitrogens with one attached hydrogen (secondary N) is 2. The second-order valence-corrected chi connectivity index (χ2v) is 12.2. The van der Waals surface area contributed by atoms with Crippen molar-refractivity contribution in [2.24, 2.45) is 0 Å². The Hall–Kier alpha value is -1.39. The van der Waals surface area contributed by atoms with Gasteiger partial charge in [0, 0.05) is 34.2 Å². The zero-order valence-electron chi connectivity index (χ0n) is 16.6. The highest BCUT2D eigenvalue weighted by atomic mass is 32.2. The number of aryl methyl sites for hydroxylation is 1. The Labute approximate surface area is 190 Å². The molecular formula is C21H25N3O2S4. The minimum Gasteiger partial charge on any atom is -0.361 e. The standard InChI is InChI=1S/C21H25N3O2S4/c25-30(26,19-10-7-14-28-19)23-13-6-2-1-5-12-22-21-24-20-16-8-3-4-9-17(16)27-15-11-18(20)29-21/h3-4,7-10,14,23H,1-2,5-6,11-13,15H2,(H,22,24). The predicted molar refractivity (Wildman–Crippen MR) is 128 cm³/mol. The smallest absolute Gasteiger partial charge is 0.250 e. The van der Waals surface area contributed by atoms with E-state index in [1.165, 1.54) is 26.7 Å². The molecule has 30 heavy (non-hydrogen) atoms. The number of unbranched alkanes of at least 4 members (excludes halogenated alkanes) is 3. The number of fused-ring (bicyclic) bond motifs is 3. The number of thiophene rings is 1. The number of thiazole rings is 1. The molecule has 2 aromatic heterocycles. The summed E-state index contributed by atoms with van der Waals surface area (Å²) in [6.07, 6.45) is 5.04. The van der Waals surface area contributed by atoms with Gasteiger partial charge in [0.2, 0.25) is 10.0 Å². The van der Waals surface area contributed by atoms with E-state index in [2.05, 4.69) is 34.3 Å².